The Hall–Kier alpha value is -3.19. The SMILES string of the molecule is COc1ccc(-c2noc(CN(C)C(=O)C3CCN(Cc4ccccc4)CC3)n2)cc1. The lowest BCUT2D eigenvalue weighted by molar-refractivity contribution is -0.136. The molecule has 3 aromatic rings. The molecule has 4 rings (SSSR count). The fraction of sp³-hybridized carbons (Fsp3) is 0.375. The van der Waals surface area contributed by atoms with Gasteiger partial charge in [0.05, 0.1) is 13.7 Å². The van der Waals surface area contributed by atoms with Crippen molar-refractivity contribution in [2.24, 2.45) is 5.92 Å². The van der Waals surface area contributed by atoms with Gasteiger partial charge >= 0.3 is 0 Å². The summed E-state index contributed by atoms with van der Waals surface area (Å²) in [7, 11) is 3.43. The predicted octanol–water partition coefficient (Wildman–Crippen LogP) is 3.62. The van der Waals surface area contributed by atoms with E-state index in [2.05, 4.69) is 39.3 Å². The number of nitrogens with zero attached hydrogens (tertiary/aromatic N) is 4. The number of amides is 1. The van der Waals surface area contributed by atoms with Crippen LogP contribution < -0.4 is 4.74 Å². The van der Waals surface area contributed by atoms with Crippen molar-refractivity contribution in [3.05, 3.63) is 66.1 Å². The van der Waals surface area contributed by atoms with Gasteiger partial charge in [-0.3, -0.25) is 9.69 Å². The van der Waals surface area contributed by atoms with Crippen LogP contribution >= 0.6 is 0 Å². The van der Waals surface area contributed by atoms with E-state index < -0.39 is 0 Å². The van der Waals surface area contributed by atoms with Crippen molar-refractivity contribution in [1.82, 2.24) is 19.9 Å². The second-order valence-electron chi connectivity index (χ2n) is 7.97. The van der Waals surface area contributed by atoms with Crippen LogP contribution in [0.4, 0.5) is 0 Å². The first-order chi connectivity index (χ1) is 15.1. The second-order valence-corrected chi connectivity index (χ2v) is 7.97. The minimum atomic E-state index is 0.0426. The molecule has 162 valence electrons. The highest BCUT2D eigenvalue weighted by atomic mass is 16.5. The summed E-state index contributed by atoms with van der Waals surface area (Å²) >= 11 is 0. The highest BCUT2D eigenvalue weighted by Crippen LogP contribution is 2.23. The number of rotatable bonds is 7. The maximum absolute atomic E-state index is 12.9. The molecule has 1 fully saturated rings. The summed E-state index contributed by atoms with van der Waals surface area (Å²) in [6, 6.07) is 17.9. The van der Waals surface area contributed by atoms with Gasteiger partial charge in [0.1, 0.15) is 5.75 Å². The summed E-state index contributed by atoms with van der Waals surface area (Å²) in [5.74, 6) is 1.90. The van der Waals surface area contributed by atoms with Gasteiger partial charge in [0.2, 0.25) is 17.6 Å². The fourth-order valence-corrected chi connectivity index (χ4v) is 3.95. The van der Waals surface area contributed by atoms with E-state index in [0.717, 1.165) is 43.8 Å². The van der Waals surface area contributed by atoms with Crippen LogP contribution in [0.25, 0.3) is 11.4 Å². The molecule has 0 bridgehead atoms. The van der Waals surface area contributed by atoms with Crippen LogP contribution in [-0.2, 0) is 17.9 Å². The van der Waals surface area contributed by atoms with E-state index in [1.807, 2.05) is 30.3 Å². The smallest absolute Gasteiger partial charge is 0.246 e. The first-order valence-electron chi connectivity index (χ1n) is 10.6. The third-order valence-electron chi connectivity index (χ3n) is 5.75. The Labute approximate surface area is 182 Å². The molecule has 1 aliphatic rings. The van der Waals surface area contributed by atoms with E-state index in [1.165, 1.54) is 5.56 Å². The van der Waals surface area contributed by atoms with Crippen LogP contribution in [0.3, 0.4) is 0 Å². The summed E-state index contributed by atoms with van der Waals surface area (Å²) in [6.07, 6.45) is 1.74. The third kappa shape index (κ3) is 5.30. The molecule has 1 amide bonds. The summed E-state index contributed by atoms with van der Waals surface area (Å²) in [5, 5.41) is 4.05. The van der Waals surface area contributed by atoms with Crippen molar-refractivity contribution in [1.29, 1.82) is 0 Å². The van der Waals surface area contributed by atoms with Crippen molar-refractivity contribution >= 4 is 5.91 Å². The van der Waals surface area contributed by atoms with E-state index >= 15 is 0 Å². The Morgan fingerprint density at radius 1 is 1.13 bits per heavy atom. The summed E-state index contributed by atoms with van der Waals surface area (Å²) < 4.78 is 10.5. The van der Waals surface area contributed by atoms with Crippen LogP contribution in [-0.4, -0.2) is 53.1 Å². The van der Waals surface area contributed by atoms with E-state index in [1.54, 1.807) is 19.1 Å². The molecule has 0 saturated carbocycles. The number of benzene rings is 2. The molecule has 31 heavy (non-hydrogen) atoms. The number of aromatic nitrogens is 2. The lowest BCUT2D eigenvalue weighted by atomic mass is 9.95. The molecule has 0 unspecified atom stereocenters. The van der Waals surface area contributed by atoms with Crippen molar-refractivity contribution in [3.8, 4) is 17.1 Å². The van der Waals surface area contributed by atoms with Gasteiger partial charge in [-0.1, -0.05) is 35.5 Å². The number of hydrogen-bond acceptors (Lipinski definition) is 6. The minimum Gasteiger partial charge on any atom is -0.497 e. The largest absolute Gasteiger partial charge is 0.497 e. The number of methoxy groups -OCH3 is 1. The van der Waals surface area contributed by atoms with Crippen molar-refractivity contribution in [3.63, 3.8) is 0 Å². The molecular formula is C24H28N4O3. The zero-order valence-corrected chi connectivity index (χ0v) is 18.0. The molecule has 7 nitrogen and oxygen atoms in total. The number of hydrogen-bond donors (Lipinski definition) is 0. The first-order valence-corrected chi connectivity index (χ1v) is 10.6. The zero-order chi connectivity index (χ0) is 21.6. The molecule has 0 atom stereocenters. The number of piperidine rings is 1. The molecule has 0 N–H and O–H groups in total. The zero-order valence-electron chi connectivity index (χ0n) is 18.0. The van der Waals surface area contributed by atoms with Gasteiger partial charge in [-0.25, -0.2) is 0 Å². The summed E-state index contributed by atoms with van der Waals surface area (Å²) in [4.78, 5) is 21.5. The molecule has 2 heterocycles. The lowest BCUT2D eigenvalue weighted by Gasteiger charge is -2.32. The van der Waals surface area contributed by atoms with Gasteiger partial charge in [0.15, 0.2) is 0 Å². The Morgan fingerprint density at radius 3 is 2.52 bits per heavy atom. The van der Waals surface area contributed by atoms with Crippen LogP contribution in [0.2, 0.25) is 0 Å². The molecule has 7 heteroatoms. The normalized spacial score (nSPS) is 15.0. The van der Waals surface area contributed by atoms with Crippen LogP contribution in [0.5, 0.6) is 5.75 Å². The Morgan fingerprint density at radius 2 is 1.84 bits per heavy atom. The number of carbonyl (C=O) groups excluding carboxylic acids is 1. The molecule has 0 aliphatic carbocycles. The lowest BCUT2D eigenvalue weighted by Crippen LogP contribution is -2.40. The minimum absolute atomic E-state index is 0.0426. The summed E-state index contributed by atoms with van der Waals surface area (Å²) in [5.41, 5.74) is 2.16. The second kappa shape index (κ2) is 9.75. The fourth-order valence-electron chi connectivity index (χ4n) is 3.95. The molecule has 0 spiro atoms. The van der Waals surface area contributed by atoms with Crippen molar-refractivity contribution in [2.45, 2.75) is 25.9 Å². The molecule has 0 radical (unpaired) electrons. The standard InChI is InChI=1S/C24H28N4O3/c1-27(17-22-25-23(26-31-22)19-8-10-21(30-2)11-9-19)24(29)20-12-14-28(15-13-20)16-18-6-4-3-5-7-18/h3-11,20H,12-17H2,1-2H3. The van der Waals surface area contributed by atoms with E-state index in [-0.39, 0.29) is 11.8 Å². The average Bonchev–Trinajstić information content (AvgIpc) is 3.28. The van der Waals surface area contributed by atoms with Gasteiger partial charge in [-0.15, -0.1) is 0 Å². The van der Waals surface area contributed by atoms with Crippen LogP contribution in [0, 0.1) is 5.92 Å². The quantitative estimate of drug-likeness (QED) is 0.581. The maximum Gasteiger partial charge on any atom is 0.246 e. The predicted molar refractivity (Wildman–Crippen MR) is 117 cm³/mol. The van der Waals surface area contributed by atoms with E-state index in [0.29, 0.717) is 18.3 Å². The Balaban J connectivity index is 1.28. The molecule has 1 aromatic heterocycles. The topological polar surface area (TPSA) is 71.7 Å². The number of carbonyl (C=O) groups is 1. The van der Waals surface area contributed by atoms with Gasteiger partial charge < -0.3 is 14.2 Å². The van der Waals surface area contributed by atoms with Crippen LogP contribution in [0.1, 0.15) is 24.3 Å². The van der Waals surface area contributed by atoms with Gasteiger partial charge in [0, 0.05) is 25.1 Å². The molecular weight excluding hydrogens is 392 g/mol. The molecule has 2 aromatic carbocycles. The van der Waals surface area contributed by atoms with Crippen molar-refractivity contribution < 1.29 is 14.1 Å². The van der Waals surface area contributed by atoms with Gasteiger partial charge in [-0.05, 0) is 55.8 Å². The van der Waals surface area contributed by atoms with E-state index in [4.69, 9.17) is 9.26 Å². The number of ether oxygens (including phenoxy) is 1. The Bertz CT molecular complexity index is 980. The third-order valence-corrected chi connectivity index (χ3v) is 5.75. The monoisotopic (exact) mass is 420 g/mol. The van der Waals surface area contributed by atoms with Gasteiger partial charge in [-0.2, -0.15) is 4.98 Å². The van der Waals surface area contributed by atoms with E-state index in [9.17, 15) is 4.79 Å². The summed E-state index contributed by atoms with van der Waals surface area (Å²) in [6.45, 7) is 3.11. The van der Waals surface area contributed by atoms with Gasteiger partial charge in [0.25, 0.3) is 0 Å². The van der Waals surface area contributed by atoms with Crippen molar-refractivity contribution in [2.75, 3.05) is 27.2 Å². The highest BCUT2D eigenvalue weighted by molar-refractivity contribution is 5.78. The molecule has 1 saturated heterocycles. The highest BCUT2D eigenvalue weighted by Gasteiger charge is 2.28. The van der Waals surface area contributed by atoms with Crippen LogP contribution in [0.15, 0.2) is 59.1 Å². The molecule has 1 aliphatic heterocycles. The number of likely N-dealkylation sites (tertiary alicyclic amines) is 1. The Kier molecular flexibility index (Phi) is 6.62. The maximum atomic E-state index is 12.9. The first kappa shape index (κ1) is 21.1. The average molecular weight is 421 g/mol.